The van der Waals surface area contributed by atoms with Gasteiger partial charge in [-0.25, -0.2) is 9.18 Å². The molecule has 0 bridgehead atoms. The number of aryl methyl sites for hydroxylation is 1. The summed E-state index contributed by atoms with van der Waals surface area (Å²) in [4.78, 5) is 10.4. The van der Waals surface area contributed by atoms with E-state index in [1.54, 1.807) is 0 Å². The van der Waals surface area contributed by atoms with E-state index < -0.39 is 12.6 Å². The second-order valence-corrected chi connectivity index (χ2v) is 3.17. The number of carbonyl (C=O) groups is 1. The molecule has 0 unspecified atom stereocenters. The van der Waals surface area contributed by atoms with E-state index in [1.165, 1.54) is 10.7 Å². The molecule has 1 aromatic rings. The Labute approximate surface area is 81.5 Å². The van der Waals surface area contributed by atoms with Gasteiger partial charge in [-0.1, -0.05) is 0 Å². The highest BCUT2D eigenvalue weighted by atomic mass is 127. The molecule has 0 aliphatic rings. The van der Waals surface area contributed by atoms with Crippen molar-refractivity contribution >= 4 is 28.6 Å². The molecular formula is C6H6FIN2O2. The van der Waals surface area contributed by atoms with Crippen LogP contribution in [0, 0.1) is 3.70 Å². The normalized spacial score (nSPS) is 10.2. The van der Waals surface area contributed by atoms with Gasteiger partial charge < -0.3 is 5.11 Å². The fraction of sp³-hybridized carbons (Fsp3) is 0.333. The maximum Gasteiger partial charge on any atom is 0.356 e. The van der Waals surface area contributed by atoms with Gasteiger partial charge in [0, 0.05) is 6.07 Å². The van der Waals surface area contributed by atoms with E-state index in [4.69, 9.17) is 5.11 Å². The van der Waals surface area contributed by atoms with Crippen LogP contribution in [0.2, 0.25) is 0 Å². The zero-order valence-electron chi connectivity index (χ0n) is 6.00. The Morgan fingerprint density at radius 1 is 1.83 bits per heavy atom. The molecule has 0 spiro atoms. The number of alkyl halides is 1. The van der Waals surface area contributed by atoms with Gasteiger partial charge in [0.1, 0.15) is 6.67 Å². The predicted molar refractivity (Wildman–Crippen MR) is 47.9 cm³/mol. The topological polar surface area (TPSA) is 55.1 Å². The minimum absolute atomic E-state index is 0.0483. The lowest BCUT2D eigenvalue weighted by Crippen LogP contribution is -2.05. The van der Waals surface area contributed by atoms with Gasteiger partial charge in [-0.05, 0) is 22.6 Å². The summed E-state index contributed by atoms with van der Waals surface area (Å²) in [5.74, 6) is -1.09. The van der Waals surface area contributed by atoms with Gasteiger partial charge >= 0.3 is 5.97 Å². The minimum atomic E-state index is -1.09. The summed E-state index contributed by atoms with van der Waals surface area (Å²) in [6.07, 6.45) is 0. The van der Waals surface area contributed by atoms with Gasteiger partial charge in [0.15, 0.2) is 5.69 Å². The Balaban J connectivity index is 2.92. The zero-order chi connectivity index (χ0) is 9.14. The van der Waals surface area contributed by atoms with E-state index in [0.29, 0.717) is 3.70 Å². The highest BCUT2D eigenvalue weighted by Crippen LogP contribution is 2.07. The fourth-order valence-electron chi connectivity index (χ4n) is 0.735. The first kappa shape index (κ1) is 9.43. The first-order valence-corrected chi connectivity index (χ1v) is 4.25. The van der Waals surface area contributed by atoms with E-state index in [9.17, 15) is 9.18 Å². The lowest BCUT2D eigenvalue weighted by Gasteiger charge is -1.96. The number of carboxylic acid groups (broad SMARTS) is 1. The van der Waals surface area contributed by atoms with Crippen molar-refractivity contribution in [3.05, 3.63) is 15.5 Å². The van der Waals surface area contributed by atoms with E-state index in [0.717, 1.165) is 0 Å². The van der Waals surface area contributed by atoms with Crippen molar-refractivity contribution in [1.29, 1.82) is 0 Å². The molecule has 0 saturated carbocycles. The van der Waals surface area contributed by atoms with E-state index in [-0.39, 0.29) is 12.2 Å². The quantitative estimate of drug-likeness (QED) is 0.847. The van der Waals surface area contributed by atoms with Gasteiger partial charge in [0.05, 0.1) is 10.2 Å². The van der Waals surface area contributed by atoms with E-state index >= 15 is 0 Å². The Kier molecular flexibility index (Phi) is 3.01. The summed E-state index contributed by atoms with van der Waals surface area (Å²) in [6, 6.07) is 1.40. The molecule has 0 fully saturated rings. The van der Waals surface area contributed by atoms with Crippen LogP contribution in [0.15, 0.2) is 6.07 Å². The van der Waals surface area contributed by atoms with E-state index in [2.05, 4.69) is 5.10 Å². The molecule has 0 saturated heterocycles. The Morgan fingerprint density at radius 2 is 2.50 bits per heavy atom. The number of hydrogen-bond donors (Lipinski definition) is 1. The van der Waals surface area contributed by atoms with E-state index in [1.807, 2.05) is 22.6 Å². The largest absolute Gasteiger partial charge is 0.476 e. The molecule has 0 amide bonds. The average molecular weight is 284 g/mol. The molecule has 0 aromatic carbocycles. The SMILES string of the molecule is O=C(O)c1cc(I)n(CCF)n1. The molecule has 1 aromatic heterocycles. The van der Waals surface area contributed by atoms with Crippen LogP contribution in [-0.4, -0.2) is 27.5 Å². The minimum Gasteiger partial charge on any atom is -0.476 e. The molecular weight excluding hydrogens is 278 g/mol. The fourth-order valence-corrected chi connectivity index (χ4v) is 1.38. The number of nitrogens with zero attached hydrogens (tertiary/aromatic N) is 2. The molecule has 12 heavy (non-hydrogen) atoms. The highest BCUT2D eigenvalue weighted by molar-refractivity contribution is 14.1. The van der Waals surface area contributed by atoms with Crippen molar-refractivity contribution in [1.82, 2.24) is 9.78 Å². The standard InChI is InChI=1S/C6H6FIN2O2/c7-1-2-10-5(8)3-4(9-10)6(11)12/h3H,1-2H2,(H,11,12). The van der Waals surface area contributed by atoms with Crippen LogP contribution < -0.4 is 0 Å². The molecule has 66 valence electrons. The van der Waals surface area contributed by atoms with Crippen molar-refractivity contribution in [3.63, 3.8) is 0 Å². The number of hydrogen-bond acceptors (Lipinski definition) is 2. The van der Waals surface area contributed by atoms with Crippen molar-refractivity contribution in [2.45, 2.75) is 6.54 Å². The third-order valence-corrected chi connectivity index (χ3v) is 2.11. The summed E-state index contributed by atoms with van der Waals surface area (Å²) in [5, 5.41) is 12.2. The van der Waals surface area contributed by atoms with Crippen LogP contribution >= 0.6 is 22.6 Å². The molecule has 0 aliphatic carbocycles. The summed E-state index contributed by atoms with van der Waals surface area (Å²) < 4.78 is 13.8. The maximum absolute atomic E-state index is 11.9. The monoisotopic (exact) mass is 284 g/mol. The van der Waals surface area contributed by atoms with Crippen LogP contribution in [0.1, 0.15) is 10.5 Å². The molecule has 6 heteroatoms. The Morgan fingerprint density at radius 3 is 2.92 bits per heavy atom. The molecule has 4 nitrogen and oxygen atoms in total. The lowest BCUT2D eigenvalue weighted by molar-refractivity contribution is 0.0689. The zero-order valence-corrected chi connectivity index (χ0v) is 8.15. The number of carboxylic acids is 1. The second kappa shape index (κ2) is 3.83. The first-order chi connectivity index (χ1) is 5.65. The van der Waals surface area contributed by atoms with Crippen LogP contribution in [-0.2, 0) is 6.54 Å². The van der Waals surface area contributed by atoms with Gasteiger partial charge in [-0.2, -0.15) is 5.10 Å². The molecule has 1 rings (SSSR count). The lowest BCUT2D eigenvalue weighted by atomic mass is 10.5. The average Bonchev–Trinajstić information content (AvgIpc) is 2.34. The van der Waals surface area contributed by atoms with Crippen LogP contribution in [0.4, 0.5) is 4.39 Å². The van der Waals surface area contributed by atoms with Crippen molar-refractivity contribution in [2.75, 3.05) is 6.67 Å². The maximum atomic E-state index is 11.9. The van der Waals surface area contributed by atoms with Gasteiger partial charge in [0.2, 0.25) is 0 Å². The summed E-state index contributed by atoms with van der Waals surface area (Å²) in [5.41, 5.74) is -0.0483. The number of aromatic nitrogens is 2. The third-order valence-electron chi connectivity index (χ3n) is 1.25. The first-order valence-electron chi connectivity index (χ1n) is 3.17. The second-order valence-electron chi connectivity index (χ2n) is 2.07. The predicted octanol–water partition coefficient (Wildman–Crippen LogP) is 1.16. The van der Waals surface area contributed by atoms with Crippen LogP contribution in [0.3, 0.4) is 0 Å². The molecule has 0 aliphatic heterocycles. The smallest absolute Gasteiger partial charge is 0.356 e. The molecule has 1 N–H and O–H groups in total. The molecule has 0 radical (unpaired) electrons. The summed E-state index contributed by atoms with van der Waals surface area (Å²) >= 11 is 1.91. The van der Waals surface area contributed by atoms with Crippen molar-refractivity contribution in [2.24, 2.45) is 0 Å². The molecule has 0 atom stereocenters. The van der Waals surface area contributed by atoms with Gasteiger partial charge in [-0.3, -0.25) is 4.68 Å². The van der Waals surface area contributed by atoms with Crippen molar-refractivity contribution < 1.29 is 14.3 Å². The summed E-state index contributed by atoms with van der Waals surface area (Å²) in [6.45, 7) is -0.442. The Bertz CT molecular complexity index is 300. The van der Waals surface area contributed by atoms with Crippen molar-refractivity contribution in [3.8, 4) is 0 Å². The number of rotatable bonds is 3. The third kappa shape index (κ3) is 1.93. The Hall–Kier alpha value is -0.660. The number of halogens is 2. The van der Waals surface area contributed by atoms with Gasteiger partial charge in [0.25, 0.3) is 0 Å². The number of aromatic carboxylic acids is 1. The summed E-state index contributed by atoms with van der Waals surface area (Å²) in [7, 11) is 0. The molecule has 1 heterocycles. The highest BCUT2D eigenvalue weighted by Gasteiger charge is 2.10. The van der Waals surface area contributed by atoms with Gasteiger partial charge in [-0.15, -0.1) is 0 Å². The van der Waals surface area contributed by atoms with Crippen LogP contribution in [0.5, 0.6) is 0 Å². The van der Waals surface area contributed by atoms with Crippen LogP contribution in [0.25, 0.3) is 0 Å².